The van der Waals surface area contributed by atoms with Crippen molar-refractivity contribution in [2.75, 3.05) is 13.1 Å². The molecule has 1 aliphatic heterocycles. The van der Waals surface area contributed by atoms with Crippen molar-refractivity contribution in [2.45, 2.75) is 71.9 Å². The summed E-state index contributed by atoms with van der Waals surface area (Å²) in [5.74, 6) is 0.906. The molecule has 1 amide bonds. The Morgan fingerprint density at radius 1 is 0.898 bits per heavy atom. The highest BCUT2D eigenvalue weighted by molar-refractivity contribution is 5.85. The van der Waals surface area contributed by atoms with E-state index in [2.05, 4.69) is 13.0 Å². The lowest BCUT2D eigenvalue weighted by molar-refractivity contribution is -0.133. The summed E-state index contributed by atoms with van der Waals surface area (Å²) in [5, 5.41) is 13.3. The molecule has 3 aromatic carbocycles. The minimum atomic E-state index is -1.16. The first-order valence-electron chi connectivity index (χ1n) is 16.9. The zero-order valence-corrected chi connectivity index (χ0v) is 29.0. The monoisotopic (exact) mass is 659 g/mol. The van der Waals surface area contributed by atoms with E-state index in [1.807, 2.05) is 125 Å². The Morgan fingerprint density at radius 2 is 1.57 bits per heavy atom. The molecule has 0 spiro atoms. The molecule has 0 radical (unpaired) electrons. The minimum Gasteiger partial charge on any atom is -0.473 e. The number of fused-ring (bicyclic) bond motifs is 1. The van der Waals surface area contributed by atoms with Gasteiger partial charge in [0.2, 0.25) is 11.8 Å². The molecule has 0 aliphatic carbocycles. The summed E-state index contributed by atoms with van der Waals surface area (Å²) in [5.41, 5.74) is 2.95. The standard InChI is InChI=1S/C41H45N3O5/c1-6-40(5)28-44(38(45)49-39(2,3)4)22-21-41(40,46)33-17-19-35-31(24-33)23-32(25-42-35)34-18-20-36(47-26-29-13-9-7-10-14-29)43-37(34)48-27-30-15-11-8-12-16-30/h7-20,23-25,46H,6,21-22,26-28H2,1-5H3. The van der Waals surface area contributed by atoms with Gasteiger partial charge in [-0.1, -0.05) is 80.6 Å². The van der Waals surface area contributed by atoms with Gasteiger partial charge < -0.3 is 24.2 Å². The van der Waals surface area contributed by atoms with Crippen LogP contribution in [0, 0.1) is 5.41 Å². The molecule has 3 heterocycles. The fraction of sp³-hybridized carbons (Fsp3) is 0.341. The third kappa shape index (κ3) is 7.55. The number of carbonyl (C=O) groups is 1. The molecule has 5 aromatic rings. The Kier molecular flexibility index (Phi) is 9.61. The number of hydrogen-bond donors (Lipinski definition) is 1. The predicted molar refractivity (Wildman–Crippen MR) is 191 cm³/mol. The Morgan fingerprint density at radius 3 is 2.22 bits per heavy atom. The summed E-state index contributed by atoms with van der Waals surface area (Å²) in [7, 11) is 0. The minimum absolute atomic E-state index is 0.344. The number of pyridine rings is 2. The second-order valence-electron chi connectivity index (χ2n) is 14.1. The highest BCUT2D eigenvalue weighted by Gasteiger charge is 2.52. The van der Waals surface area contributed by atoms with E-state index in [1.54, 1.807) is 4.90 Å². The molecule has 2 atom stereocenters. The number of hydrogen-bond acceptors (Lipinski definition) is 7. The van der Waals surface area contributed by atoms with E-state index in [0.717, 1.165) is 38.7 Å². The van der Waals surface area contributed by atoms with E-state index < -0.39 is 16.6 Å². The van der Waals surface area contributed by atoms with Crippen molar-refractivity contribution >= 4 is 17.0 Å². The number of amides is 1. The lowest BCUT2D eigenvalue weighted by Gasteiger charge is -2.52. The first-order valence-corrected chi connectivity index (χ1v) is 16.9. The van der Waals surface area contributed by atoms with Crippen molar-refractivity contribution in [1.82, 2.24) is 14.9 Å². The van der Waals surface area contributed by atoms with Crippen molar-refractivity contribution in [3.05, 3.63) is 120 Å². The number of ether oxygens (including phenoxy) is 3. The predicted octanol–water partition coefficient (Wildman–Crippen LogP) is 8.70. The van der Waals surface area contributed by atoms with E-state index in [4.69, 9.17) is 24.2 Å². The topological polar surface area (TPSA) is 94.0 Å². The Balaban J connectivity index is 1.31. The summed E-state index contributed by atoms with van der Waals surface area (Å²) in [4.78, 5) is 24.3. The number of carbonyl (C=O) groups excluding carboxylic acids is 1. The van der Waals surface area contributed by atoms with Gasteiger partial charge in [-0.25, -0.2) is 4.79 Å². The molecule has 2 unspecified atom stereocenters. The molecule has 6 rings (SSSR count). The maximum Gasteiger partial charge on any atom is 0.410 e. The fourth-order valence-corrected chi connectivity index (χ4v) is 6.44. The van der Waals surface area contributed by atoms with Crippen LogP contribution in [-0.4, -0.2) is 44.8 Å². The second kappa shape index (κ2) is 13.9. The number of likely N-dealkylation sites (tertiary alicyclic amines) is 1. The number of aliphatic hydroxyl groups is 1. The van der Waals surface area contributed by atoms with Gasteiger partial charge in [0.05, 0.1) is 11.1 Å². The van der Waals surface area contributed by atoms with Crippen LogP contribution < -0.4 is 9.47 Å². The molecule has 1 fully saturated rings. The van der Waals surface area contributed by atoms with E-state index >= 15 is 0 Å². The molecule has 1 aliphatic rings. The summed E-state index contributed by atoms with van der Waals surface area (Å²) in [6, 6.07) is 31.7. The lowest BCUT2D eigenvalue weighted by Crippen LogP contribution is -2.58. The van der Waals surface area contributed by atoms with Gasteiger partial charge in [0.1, 0.15) is 18.8 Å². The molecular weight excluding hydrogens is 614 g/mol. The van der Waals surface area contributed by atoms with E-state index in [0.29, 0.717) is 50.9 Å². The third-order valence-corrected chi connectivity index (χ3v) is 9.47. The third-order valence-electron chi connectivity index (χ3n) is 9.47. The van der Waals surface area contributed by atoms with Crippen molar-refractivity contribution in [2.24, 2.45) is 5.41 Å². The first kappa shape index (κ1) is 33.9. The maximum absolute atomic E-state index is 13.0. The highest BCUT2D eigenvalue weighted by atomic mass is 16.6. The van der Waals surface area contributed by atoms with Crippen molar-refractivity contribution in [1.29, 1.82) is 0 Å². The fourth-order valence-electron chi connectivity index (χ4n) is 6.44. The largest absolute Gasteiger partial charge is 0.473 e. The van der Waals surface area contributed by atoms with E-state index in [9.17, 15) is 9.90 Å². The summed E-state index contributed by atoms with van der Waals surface area (Å²) >= 11 is 0. The molecular formula is C41H45N3O5. The van der Waals surface area contributed by atoms with Crippen LogP contribution >= 0.6 is 0 Å². The maximum atomic E-state index is 13.0. The van der Waals surface area contributed by atoms with E-state index in [-0.39, 0.29) is 6.09 Å². The van der Waals surface area contributed by atoms with Gasteiger partial charge in [0.25, 0.3) is 0 Å². The molecule has 8 heteroatoms. The molecule has 254 valence electrons. The average molecular weight is 660 g/mol. The summed E-state index contributed by atoms with van der Waals surface area (Å²) in [6.07, 6.45) is 2.53. The lowest BCUT2D eigenvalue weighted by atomic mass is 9.64. The molecule has 1 saturated heterocycles. The van der Waals surface area contributed by atoms with Gasteiger partial charge in [0.15, 0.2) is 0 Å². The van der Waals surface area contributed by atoms with Gasteiger partial charge >= 0.3 is 6.09 Å². The van der Waals surface area contributed by atoms with Crippen LogP contribution in [0.4, 0.5) is 4.79 Å². The van der Waals surface area contributed by atoms with Crippen LogP contribution in [0.1, 0.15) is 64.2 Å². The van der Waals surface area contributed by atoms with Gasteiger partial charge in [-0.2, -0.15) is 4.98 Å². The number of rotatable bonds is 9. The average Bonchev–Trinajstić information content (AvgIpc) is 3.10. The SMILES string of the molecule is CCC1(C)CN(C(=O)OC(C)(C)C)CCC1(O)c1ccc2ncc(-c3ccc(OCc4ccccc4)nc3OCc3ccccc3)cc2c1. The smallest absolute Gasteiger partial charge is 0.410 e. The number of benzene rings is 3. The van der Waals surface area contributed by atoms with E-state index in [1.165, 1.54) is 0 Å². The summed E-state index contributed by atoms with van der Waals surface area (Å²) in [6.45, 7) is 11.2. The van der Waals surface area contributed by atoms with Crippen LogP contribution in [0.2, 0.25) is 0 Å². The molecule has 49 heavy (non-hydrogen) atoms. The van der Waals surface area contributed by atoms with Crippen molar-refractivity contribution < 1.29 is 24.1 Å². The van der Waals surface area contributed by atoms with Gasteiger partial charge in [0, 0.05) is 47.3 Å². The second-order valence-corrected chi connectivity index (χ2v) is 14.1. The van der Waals surface area contributed by atoms with Gasteiger partial charge in [-0.15, -0.1) is 0 Å². The van der Waals surface area contributed by atoms with Crippen LogP contribution in [0.5, 0.6) is 11.8 Å². The molecule has 1 N–H and O–H groups in total. The van der Waals surface area contributed by atoms with Gasteiger partial charge in [-0.05, 0) is 74.6 Å². The number of piperidine rings is 1. The molecule has 8 nitrogen and oxygen atoms in total. The Bertz CT molecular complexity index is 1910. The highest BCUT2D eigenvalue weighted by Crippen LogP contribution is 2.49. The normalized spacial score (nSPS) is 19.4. The molecule has 2 aromatic heterocycles. The first-order chi connectivity index (χ1) is 23.5. The van der Waals surface area contributed by atoms with Crippen LogP contribution in [0.15, 0.2) is 103 Å². The quantitative estimate of drug-likeness (QED) is 0.169. The molecule has 0 bridgehead atoms. The van der Waals surface area contributed by atoms with Crippen LogP contribution in [-0.2, 0) is 23.6 Å². The number of nitrogens with zero attached hydrogens (tertiary/aromatic N) is 3. The molecule has 0 saturated carbocycles. The van der Waals surface area contributed by atoms with Crippen LogP contribution in [0.25, 0.3) is 22.0 Å². The zero-order valence-electron chi connectivity index (χ0n) is 29.0. The summed E-state index contributed by atoms with van der Waals surface area (Å²) < 4.78 is 18.0. The number of aromatic nitrogens is 2. The Labute approximate surface area is 288 Å². The van der Waals surface area contributed by atoms with Crippen molar-refractivity contribution in [3.63, 3.8) is 0 Å². The van der Waals surface area contributed by atoms with Crippen LogP contribution in [0.3, 0.4) is 0 Å². The Hall–Kier alpha value is -4.95. The van der Waals surface area contributed by atoms with Gasteiger partial charge in [-0.3, -0.25) is 4.98 Å². The zero-order chi connectivity index (χ0) is 34.6. The van der Waals surface area contributed by atoms with Crippen molar-refractivity contribution in [3.8, 4) is 22.9 Å².